The quantitative estimate of drug-likeness (QED) is 0.710. The summed E-state index contributed by atoms with van der Waals surface area (Å²) in [5.41, 5.74) is 5.78. The predicted octanol–water partition coefficient (Wildman–Crippen LogP) is 0.712. The lowest BCUT2D eigenvalue weighted by Crippen LogP contribution is -2.59. The number of hydrogen-bond donors (Lipinski definition) is 3. The predicted molar refractivity (Wildman–Crippen MR) is 95.1 cm³/mol. The Morgan fingerprint density at radius 3 is 2.81 bits per heavy atom. The number of carbonyl (C=O) groups excluding carboxylic acids is 2. The molecule has 4 N–H and O–H groups in total. The molecular formula is C18H20FN5O3. The molecule has 2 aromatic rings. The third kappa shape index (κ3) is 4.20. The summed E-state index contributed by atoms with van der Waals surface area (Å²) < 4.78 is 19.2. The van der Waals surface area contributed by atoms with Gasteiger partial charge in [0.25, 0.3) is 5.91 Å². The Morgan fingerprint density at radius 2 is 2.15 bits per heavy atom. The SMILES string of the molecule is Cc1cnc(CNC(=O)[C@]2(NC(=O)c3cncc(N)c3)CCOC2)c(F)c1. The first-order valence-corrected chi connectivity index (χ1v) is 8.40. The Kier molecular flexibility index (Phi) is 5.31. The van der Waals surface area contributed by atoms with Crippen LogP contribution in [0.2, 0.25) is 0 Å². The van der Waals surface area contributed by atoms with Crippen molar-refractivity contribution in [3.8, 4) is 0 Å². The maximum absolute atomic E-state index is 13.9. The molecule has 1 aliphatic heterocycles. The zero-order valence-electron chi connectivity index (χ0n) is 14.8. The standard InChI is InChI=1S/C18H20FN5O3/c1-11-4-14(19)15(22-6-11)9-23-17(26)18(2-3-27-10-18)24-16(25)12-5-13(20)8-21-7-12/h4-8H,2-3,9-10,20H2,1H3,(H,23,26)(H,24,25)/t18-/m0/s1. The van der Waals surface area contributed by atoms with Gasteiger partial charge in [0.15, 0.2) is 0 Å². The van der Waals surface area contributed by atoms with Gasteiger partial charge in [-0.25, -0.2) is 4.39 Å². The summed E-state index contributed by atoms with van der Waals surface area (Å²) >= 11 is 0. The van der Waals surface area contributed by atoms with Crippen LogP contribution < -0.4 is 16.4 Å². The summed E-state index contributed by atoms with van der Waals surface area (Å²) in [6.07, 6.45) is 4.59. The first kappa shape index (κ1) is 18.7. The molecule has 2 aromatic heterocycles. The van der Waals surface area contributed by atoms with Crippen LogP contribution in [-0.2, 0) is 16.1 Å². The van der Waals surface area contributed by atoms with E-state index in [0.29, 0.717) is 24.3 Å². The van der Waals surface area contributed by atoms with E-state index >= 15 is 0 Å². The molecule has 27 heavy (non-hydrogen) atoms. The molecule has 9 heteroatoms. The van der Waals surface area contributed by atoms with Crippen LogP contribution in [0.3, 0.4) is 0 Å². The third-order valence-corrected chi connectivity index (χ3v) is 4.30. The number of rotatable bonds is 5. The summed E-state index contributed by atoms with van der Waals surface area (Å²) in [6, 6.07) is 2.81. The largest absolute Gasteiger partial charge is 0.397 e. The van der Waals surface area contributed by atoms with E-state index in [1.165, 1.54) is 30.7 Å². The van der Waals surface area contributed by atoms with Gasteiger partial charge in [0.2, 0.25) is 5.91 Å². The highest BCUT2D eigenvalue weighted by atomic mass is 19.1. The Balaban J connectivity index is 1.71. The topological polar surface area (TPSA) is 119 Å². The van der Waals surface area contributed by atoms with E-state index in [2.05, 4.69) is 20.6 Å². The number of aromatic nitrogens is 2. The van der Waals surface area contributed by atoms with Gasteiger partial charge in [0, 0.05) is 31.6 Å². The molecule has 2 amide bonds. The number of aryl methyl sites for hydroxylation is 1. The second kappa shape index (κ2) is 7.67. The summed E-state index contributed by atoms with van der Waals surface area (Å²) in [4.78, 5) is 33.1. The molecular weight excluding hydrogens is 353 g/mol. The molecule has 0 aliphatic carbocycles. The lowest BCUT2D eigenvalue weighted by atomic mass is 9.96. The Bertz CT molecular complexity index is 868. The molecule has 1 atom stereocenters. The smallest absolute Gasteiger partial charge is 0.253 e. The van der Waals surface area contributed by atoms with Gasteiger partial charge >= 0.3 is 0 Å². The van der Waals surface area contributed by atoms with Gasteiger partial charge in [-0.2, -0.15) is 0 Å². The van der Waals surface area contributed by atoms with Crippen molar-refractivity contribution in [3.05, 3.63) is 53.4 Å². The number of hydrogen-bond acceptors (Lipinski definition) is 6. The molecule has 3 rings (SSSR count). The minimum absolute atomic E-state index is 0.0180. The lowest BCUT2D eigenvalue weighted by molar-refractivity contribution is -0.127. The molecule has 0 aromatic carbocycles. The number of pyridine rings is 2. The van der Waals surface area contributed by atoms with E-state index in [1.807, 2.05) is 0 Å². The van der Waals surface area contributed by atoms with Gasteiger partial charge in [-0.1, -0.05) is 0 Å². The van der Waals surface area contributed by atoms with Gasteiger partial charge in [0.05, 0.1) is 30.1 Å². The number of nitrogens with two attached hydrogens (primary N) is 1. The first-order valence-electron chi connectivity index (χ1n) is 8.40. The monoisotopic (exact) mass is 373 g/mol. The average Bonchev–Trinajstić information content (AvgIpc) is 3.10. The van der Waals surface area contributed by atoms with Gasteiger partial charge in [-0.15, -0.1) is 0 Å². The molecule has 0 spiro atoms. The molecule has 3 heterocycles. The van der Waals surface area contributed by atoms with Crippen molar-refractivity contribution in [2.45, 2.75) is 25.4 Å². The van der Waals surface area contributed by atoms with Crippen LogP contribution in [-0.4, -0.2) is 40.5 Å². The van der Waals surface area contributed by atoms with Crippen molar-refractivity contribution >= 4 is 17.5 Å². The fourth-order valence-electron chi connectivity index (χ4n) is 2.80. The van der Waals surface area contributed by atoms with E-state index in [-0.39, 0.29) is 24.4 Å². The second-order valence-electron chi connectivity index (χ2n) is 6.47. The average molecular weight is 373 g/mol. The molecule has 1 saturated heterocycles. The van der Waals surface area contributed by atoms with Crippen LogP contribution in [0.1, 0.15) is 28.0 Å². The minimum atomic E-state index is -1.25. The molecule has 142 valence electrons. The number of halogens is 1. The summed E-state index contributed by atoms with van der Waals surface area (Å²) in [6.45, 7) is 1.97. The normalized spacial score (nSPS) is 18.9. The van der Waals surface area contributed by atoms with Crippen LogP contribution in [0.25, 0.3) is 0 Å². The highest BCUT2D eigenvalue weighted by molar-refractivity contribution is 5.99. The first-order chi connectivity index (χ1) is 12.9. The number of nitrogen functional groups attached to an aromatic ring is 1. The summed E-state index contributed by atoms with van der Waals surface area (Å²) in [5, 5.41) is 5.34. The number of ether oxygens (including phenoxy) is 1. The van der Waals surface area contributed by atoms with Gasteiger partial charge < -0.3 is 21.1 Å². The van der Waals surface area contributed by atoms with Crippen molar-refractivity contribution in [2.24, 2.45) is 0 Å². The summed E-state index contributed by atoms with van der Waals surface area (Å²) in [7, 11) is 0. The maximum Gasteiger partial charge on any atom is 0.253 e. The number of carbonyl (C=O) groups is 2. The van der Waals surface area contributed by atoms with Gasteiger partial charge in [-0.3, -0.25) is 19.6 Å². The number of nitrogens with zero attached hydrogens (tertiary/aromatic N) is 2. The fourth-order valence-corrected chi connectivity index (χ4v) is 2.80. The van der Waals surface area contributed by atoms with E-state index in [1.54, 1.807) is 6.92 Å². The molecule has 0 radical (unpaired) electrons. The Labute approximate surface area is 155 Å². The minimum Gasteiger partial charge on any atom is -0.397 e. The van der Waals surface area contributed by atoms with Crippen LogP contribution in [0, 0.1) is 12.7 Å². The van der Waals surface area contributed by atoms with Crippen molar-refractivity contribution in [1.82, 2.24) is 20.6 Å². The van der Waals surface area contributed by atoms with Crippen molar-refractivity contribution in [2.75, 3.05) is 18.9 Å². The van der Waals surface area contributed by atoms with Crippen molar-refractivity contribution in [3.63, 3.8) is 0 Å². The maximum atomic E-state index is 13.9. The number of nitrogens with one attached hydrogen (secondary N) is 2. The highest BCUT2D eigenvalue weighted by Crippen LogP contribution is 2.20. The fraction of sp³-hybridized carbons (Fsp3) is 0.333. The molecule has 8 nitrogen and oxygen atoms in total. The Hall–Kier alpha value is -3.07. The van der Waals surface area contributed by atoms with Crippen LogP contribution >= 0.6 is 0 Å². The van der Waals surface area contributed by atoms with Crippen molar-refractivity contribution in [1.29, 1.82) is 0 Å². The third-order valence-electron chi connectivity index (χ3n) is 4.30. The Morgan fingerprint density at radius 1 is 1.33 bits per heavy atom. The van der Waals surface area contributed by atoms with E-state index in [0.717, 1.165) is 0 Å². The second-order valence-corrected chi connectivity index (χ2v) is 6.47. The van der Waals surface area contributed by atoms with Crippen LogP contribution in [0.15, 0.2) is 30.7 Å². The van der Waals surface area contributed by atoms with Crippen molar-refractivity contribution < 1.29 is 18.7 Å². The zero-order valence-corrected chi connectivity index (χ0v) is 14.8. The van der Waals surface area contributed by atoms with E-state index < -0.39 is 23.2 Å². The molecule has 1 fully saturated rings. The van der Waals surface area contributed by atoms with E-state index in [9.17, 15) is 14.0 Å². The molecule has 0 bridgehead atoms. The summed E-state index contributed by atoms with van der Waals surface area (Å²) in [5.74, 6) is -1.45. The molecule has 0 unspecified atom stereocenters. The van der Waals surface area contributed by atoms with Crippen LogP contribution in [0.5, 0.6) is 0 Å². The number of amides is 2. The van der Waals surface area contributed by atoms with E-state index in [4.69, 9.17) is 10.5 Å². The van der Waals surface area contributed by atoms with Gasteiger partial charge in [0.1, 0.15) is 11.4 Å². The van der Waals surface area contributed by atoms with Crippen LogP contribution in [0.4, 0.5) is 10.1 Å². The number of anilines is 1. The molecule has 1 aliphatic rings. The van der Waals surface area contributed by atoms with Gasteiger partial charge in [-0.05, 0) is 24.6 Å². The lowest BCUT2D eigenvalue weighted by Gasteiger charge is -2.27. The molecule has 0 saturated carbocycles. The highest BCUT2D eigenvalue weighted by Gasteiger charge is 2.43. The zero-order chi connectivity index (χ0) is 19.4.